The first-order chi connectivity index (χ1) is 9.05. The van der Waals surface area contributed by atoms with E-state index >= 15 is 0 Å². The van der Waals surface area contributed by atoms with Crippen molar-refractivity contribution in [1.29, 1.82) is 0 Å². The van der Waals surface area contributed by atoms with Crippen LogP contribution >= 0.6 is 0 Å². The third kappa shape index (κ3) is 3.39. The SMILES string of the molecule is COc1cc(CN2CCNCC2(C)C)cc(OC)c1. The van der Waals surface area contributed by atoms with Gasteiger partial charge in [-0.05, 0) is 31.5 Å². The van der Waals surface area contributed by atoms with Crippen molar-refractivity contribution in [3.63, 3.8) is 0 Å². The van der Waals surface area contributed by atoms with Crippen LogP contribution in [0.4, 0.5) is 0 Å². The molecule has 0 aliphatic carbocycles. The lowest BCUT2D eigenvalue weighted by molar-refractivity contribution is 0.0826. The first-order valence-corrected chi connectivity index (χ1v) is 6.73. The molecule has 0 radical (unpaired) electrons. The second kappa shape index (κ2) is 5.80. The van der Waals surface area contributed by atoms with Crippen molar-refractivity contribution in [2.45, 2.75) is 25.9 Å². The lowest BCUT2D eigenvalue weighted by atomic mass is 9.99. The summed E-state index contributed by atoms with van der Waals surface area (Å²) in [7, 11) is 3.38. The highest BCUT2D eigenvalue weighted by atomic mass is 16.5. The van der Waals surface area contributed by atoms with Gasteiger partial charge in [0.15, 0.2) is 0 Å². The van der Waals surface area contributed by atoms with E-state index in [4.69, 9.17) is 9.47 Å². The molecule has 1 aliphatic heterocycles. The van der Waals surface area contributed by atoms with E-state index in [9.17, 15) is 0 Å². The van der Waals surface area contributed by atoms with Crippen LogP contribution in [0.2, 0.25) is 0 Å². The number of hydrogen-bond donors (Lipinski definition) is 1. The summed E-state index contributed by atoms with van der Waals surface area (Å²) in [6.45, 7) is 8.60. The van der Waals surface area contributed by atoms with Crippen LogP contribution in [-0.2, 0) is 6.54 Å². The molecule has 19 heavy (non-hydrogen) atoms. The Bertz CT molecular complexity index is 410. The summed E-state index contributed by atoms with van der Waals surface area (Å²) in [5.41, 5.74) is 1.40. The van der Waals surface area contributed by atoms with Crippen molar-refractivity contribution in [2.24, 2.45) is 0 Å². The van der Waals surface area contributed by atoms with E-state index in [1.807, 2.05) is 6.07 Å². The van der Waals surface area contributed by atoms with Crippen molar-refractivity contribution in [1.82, 2.24) is 10.2 Å². The third-order valence-corrected chi connectivity index (χ3v) is 3.76. The summed E-state index contributed by atoms with van der Waals surface area (Å²) < 4.78 is 10.7. The Morgan fingerprint density at radius 1 is 1.16 bits per heavy atom. The molecule has 1 N–H and O–H groups in total. The van der Waals surface area contributed by atoms with Crippen LogP contribution < -0.4 is 14.8 Å². The molecule has 0 amide bonds. The van der Waals surface area contributed by atoms with E-state index < -0.39 is 0 Å². The molecule has 1 aliphatic rings. The Morgan fingerprint density at radius 3 is 2.32 bits per heavy atom. The van der Waals surface area contributed by atoms with Crippen molar-refractivity contribution < 1.29 is 9.47 Å². The summed E-state index contributed by atoms with van der Waals surface area (Å²) >= 11 is 0. The molecule has 4 heteroatoms. The molecule has 0 bridgehead atoms. The zero-order chi connectivity index (χ0) is 13.9. The number of rotatable bonds is 4. The molecule has 1 fully saturated rings. The monoisotopic (exact) mass is 264 g/mol. The summed E-state index contributed by atoms with van der Waals surface area (Å²) in [5, 5.41) is 3.44. The number of nitrogens with one attached hydrogen (secondary N) is 1. The summed E-state index contributed by atoms with van der Waals surface area (Å²) in [5.74, 6) is 1.70. The van der Waals surface area contributed by atoms with Crippen LogP contribution in [0, 0.1) is 0 Å². The molecule has 1 heterocycles. The molecule has 0 atom stereocenters. The number of methoxy groups -OCH3 is 2. The van der Waals surface area contributed by atoms with Gasteiger partial charge < -0.3 is 14.8 Å². The second-order valence-electron chi connectivity index (χ2n) is 5.63. The maximum Gasteiger partial charge on any atom is 0.122 e. The fourth-order valence-corrected chi connectivity index (χ4v) is 2.49. The van der Waals surface area contributed by atoms with Crippen molar-refractivity contribution in [3.8, 4) is 11.5 Å². The average molecular weight is 264 g/mol. The molecule has 0 aromatic heterocycles. The first kappa shape index (κ1) is 14.2. The standard InChI is InChI=1S/C15H24N2O2/c1-15(2)11-16-5-6-17(15)10-12-7-13(18-3)9-14(8-12)19-4/h7-9,16H,5-6,10-11H2,1-4H3. The number of piperazine rings is 1. The molecule has 1 aromatic rings. The molecule has 0 saturated carbocycles. The van der Waals surface area contributed by atoms with E-state index in [1.165, 1.54) is 5.56 Å². The second-order valence-corrected chi connectivity index (χ2v) is 5.63. The van der Waals surface area contributed by atoms with E-state index in [1.54, 1.807) is 14.2 Å². The van der Waals surface area contributed by atoms with Gasteiger partial charge in [-0.2, -0.15) is 0 Å². The summed E-state index contributed by atoms with van der Waals surface area (Å²) in [6.07, 6.45) is 0. The highest BCUT2D eigenvalue weighted by molar-refractivity contribution is 5.38. The van der Waals surface area contributed by atoms with Crippen LogP contribution in [0.1, 0.15) is 19.4 Å². The lowest BCUT2D eigenvalue weighted by Crippen LogP contribution is -2.57. The summed E-state index contributed by atoms with van der Waals surface area (Å²) in [4.78, 5) is 2.50. The van der Waals surface area contributed by atoms with Crippen LogP contribution in [0.25, 0.3) is 0 Å². The topological polar surface area (TPSA) is 33.7 Å². The van der Waals surface area contributed by atoms with E-state index in [2.05, 4.69) is 36.2 Å². The minimum Gasteiger partial charge on any atom is -0.497 e. The Morgan fingerprint density at radius 2 is 1.79 bits per heavy atom. The van der Waals surface area contributed by atoms with Gasteiger partial charge in [0, 0.05) is 37.8 Å². The molecular formula is C15H24N2O2. The fraction of sp³-hybridized carbons (Fsp3) is 0.600. The van der Waals surface area contributed by atoms with Gasteiger partial charge in [0.05, 0.1) is 14.2 Å². The molecule has 1 saturated heterocycles. The zero-order valence-corrected chi connectivity index (χ0v) is 12.3. The Labute approximate surface area is 115 Å². The van der Waals surface area contributed by atoms with Crippen LogP contribution in [0.15, 0.2) is 18.2 Å². The third-order valence-electron chi connectivity index (χ3n) is 3.76. The molecule has 1 aromatic carbocycles. The van der Waals surface area contributed by atoms with E-state index in [-0.39, 0.29) is 5.54 Å². The number of hydrogen-bond acceptors (Lipinski definition) is 4. The maximum absolute atomic E-state index is 5.33. The van der Waals surface area contributed by atoms with Gasteiger partial charge in [-0.3, -0.25) is 4.90 Å². The Kier molecular flexibility index (Phi) is 4.32. The van der Waals surface area contributed by atoms with Gasteiger partial charge in [0.1, 0.15) is 11.5 Å². The van der Waals surface area contributed by atoms with Gasteiger partial charge in [-0.1, -0.05) is 0 Å². The minimum absolute atomic E-state index is 0.175. The largest absolute Gasteiger partial charge is 0.497 e. The number of benzene rings is 1. The normalized spacial score (nSPS) is 19.2. The zero-order valence-electron chi connectivity index (χ0n) is 12.3. The van der Waals surface area contributed by atoms with Crippen LogP contribution in [0.3, 0.4) is 0 Å². The first-order valence-electron chi connectivity index (χ1n) is 6.73. The van der Waals surface area contributed by atoms with Crippen molar-refractivity contribution in [2.75, 3.05) is 33.9 Å². The Hall–Kier alpha value is -1.26. The van der Waals surface area contributed by atoms with Crippen molar-refractivity contribution >= 4 is 0 Å². The maximum atomic E-state index is 5.33. The highest BCUT2D eigenvalue weighted by Gasteiger charge is 2.29. The minimum atomic E-state index is 0.175. The molecule has 0 spiro atoms. The molecule has 0 unspecified atom stereocenters. The quantitative estimate of drug-likeness (QED) is 0.900. The lowest BCUT2D eigenvalue weighted by Gasteiger charge is -2.43. The fourth-order valence-electron chi connectivity index (χ4n) is 2.49. The molecule has 4 nitrogen and oxygen atoms in total. The molecule has 106 valence electrons. The molecule has 2 rings (SSSR count). The smallest absolute Gasteiger partial charge is 0.122 e. The van der Waals surface area contributed by atoms with Gasteiger partial charge in [0.25, 0.3) is 0 Å². The molecular weight excluding hydrogens is 240 g/mol. The highest BCUT2D eigenvalue weighted by Crippen LogP contribution is 2.26. The summed E-state index contributed by atoms with van der Waals surface area (Å²) in [6, 6.07) is 6.08. The van der Waals surface area contributed by atoms with Gasteiger partial charge in [0.2, 0.25) is 0 Å². The van der Waals surface area contributed by atoms with Crippen LogP contribution in [-0.4, -0.2) is 44.3 Å². The van der Waals surface area contributed by atoms with Crippen molar-refractivity contribution in [3.05, 3.63) is 23.8 Å². The Balaban J connectivity index is 2.17. The number of ether oxygens (including phenoxy) is 2. The van der Waals surface area contributed by atoms with E-state index in [0.717, 1.165) is 37.7 Å². The average Bonchev–Trinajstić information content (AvgIpc) is 2.40. The van der Waals surface area contributed by atoms with Crippen LogP contribution in [0.5, 0.6) is 11.5 Å². The predicted octanol–water partition coefficient (Wildman–Crippen LogP) is 1.89. The van der Waals surface area contributed by atoms with Gasteiger partial charge in [-0.25, -0.2) is 0 Å². The van der Waals surface area contributed by atoms with Gasteiger partial charge >= 0.3 is 0 Å². The van der Waals surface area contributed by atoms with E-state index in [0.29, 0.717) is 0 Å². The van der Waals surface area contributed by atoms with Gasteiger partial charge in [-0.15, -0.1) is 0 Å². The predicted molar refractivity (Wildman–Crippen MR) is 76.9 cm³/mol. The number of nitrogens with zero attached hydrogens (tertiary/aromatic N) is 1.